The summed E-state index contributed by atoms with van der Waals surface area (Å²) >= 11 is 0. The quantitative estimate of drug-likeness (QED) is 0.0475. The van der Waals surface area contributed by atoms with Gasteiger partial charge in [0.25, 0.3) is 0 Å². The zero-order chi connectivity index (χ0) is 45.5. The molecule has 0 saturated heterocycles. The first kappa shape index (κ1) is 46.0. The molecule has 6 aromatic rings. The summed E-state index contributed by atoms with van der Waals surface area (Å²) in [6.45, 7) is 8.47. The summed E-state index contributed by atoms with van der Waals surface area (Å²) in [6.07, 6.45) is 24.4. The van der Waals surface area contributed by atoms with E-state index in [9.17, 15) is 0 Å². The predicted molar refractivity (Wildman–Crippen MR) is 272 cm³/mol. The van der Waals surface area contributed by atoms with Crippen molar-refractivity contribution in [2.75, 3.05) is 6.61 Å². The lowest BCUT2D eigenvalue weighted by Crippen LogP contribution is -2.04. The maximum absolute atomic E-state index is 7.20. The number of benzene rings is 6. The third kappa shape index (κ3) is 10.6. The highest BCUT2D eigenvalue weighted by Gasteiger charge is 2.38. The van der Waals surface area contributed by atoms with Crippen LogP contribution < -0.4 is 18.9 Å². The number of terminal acetylenes is 1. The minimum atomic E-state index is 0.140. The number of hydrogen-bond acceptors (Lipinski definition) is 4. The van der Waals surface area contributed by atoms with Gasteiger partial charge in [0.05, 0.1) is 6.61 Å². The minimum Gasteiger partial charge on any atom is -0.492 e. The maximum atomic E-state index is 7.20. The monoisotopic (exact) mass is 872 g/mol. The lowest BCUT2D eigenvalue weighted by Gasteiger charge is -2.21. The Morgan fingerprint density at radius 3 is 1.48 bits per heavy atom. The maximum Gasteiger partial charge on any atom is 0.156 e. The third-order valence-corrected chi connectivity index (χ3v) is 13.3. The fraction of sp³-hybridized carbons (Fsp3) is 0.355. The van der Waals surface area contributed by atoms with E-state index in [-0.39, 0.29) is 11.8 Å². The molecule has 0 bridgehead atoms. The minimum absolute atomic E-state index is 0.140. The van der Waals surface area contributed by atoms with E-state index in [1.54, 1.807) is 0 Å². The van der Waals surface area contributed by atoms with Gasteiger partial charge in [-0.3, -0.25) is 0 Å². The molecule has 0 heterocycles. The largest absolute Gasteiger partial charge is 0.492 e. The summed E-state index contributed by atoms with van der Waals surface area (Å²) in [4.78, 5) is 0. The van der Waals surface area contributed by atoms with Gasteiger partial charge >= 0.3 is 0 Å². The molecular formula is C62H64O4. The van der Waals surface area contributed by atoms with E-state index in [4.69, 9.17) is 25.4 Å². The Morgan fingerprint density at radius 2 is 0.970 bits per heavy atom. The molecule has 4 nitrogen and oxygen atoms in total. The first-order chi connectivity index (χ1) is 32.6. The van der Waals surface area contributed by atoms with Crippen LogP contribution in [0, 0.1) is 36.2 Å². The SMILES string of the molecule is C#CC#CC#COc1c2c(cc3c(OCCCCCC)c4c(cc13)C(CCCCCC)c1cc(OCc3ccccc3)ccc1-4)C(CCCCCC)c1cc(OCc3ccccc3)ccc1-2. The van der Waals surface area contributed by atoms with Crippen molar-refractivity contribution in [3.63, 3.8) is 0 Å². The Kier molecular flexibility index (Phi) is 16.1. The van der Waals surface area contributed by atoms with Crippen LogP contribution in [-0.4, -0.2) is 6.61 Å². The Labute approximate surface area is 394 Å². The Bertz CT molecular complexity index is 2760. The highest BCUT2D eigenvalue weighted by atomic mass is 16.5. The van der Waals surface area contributed by atoms with Gasteiger partial charge in [0, 0.05) is 45.6 Å². The number of fused-ring (bicyclic) bond motifs is 7. The van der Waals surface area contributed by atoms with Gasteiger partial charge < -0.3 is 18.9 Å². The van der Waals surface area contributed by atoms with Crippen LogP contribution in [0.25, 0.3) is 33.0 Å². The summed E-state index contributed by atoms with van der Waals surface area (Å²) in [6, 6.07) is 38.9. The number of rotatable bonds is 23. The van der Waals surface area contributed by atoms with Crippen LogP contribution >= 0.6 is 0 Å². The van der Waals surface area contributed by atoms with Gasteiger partial charge in [-0.05, 0) is 112 Å². The molecule has 0 fully saturated rings. The fourth-order valence-corrected chi connectivity index (χ4v) is 10.0. The van der Waals surface area contributed by atoms with Crippen molar-refractivity contribution in [2.24, 2.45) is 0 Å². The molecule has 4 heteroatoms. The van der Waals surface area contributed by atoms with Crippen molar-refractivity contribution in [1.29, 1.82) is 0 Å². The number of ether oxygens (including phenoxy) is 4. The van der Waals surface area contributed by atoms with Crippen LogP contribution in [0.15, 0.2) is 109 Å². The lowest BCUT2D eigenvalue weighted by molar-refractivity contribution is 0.306. The summed E-state index contributed by atoms with van der Waals surface area (Å²) < 4.78 is 26.9. The van der Waals surface area contributed by atoms with Gasteiger partial charge in [0.1, 0.15) is 36.6 Å². The standard InChI is InChI=1S/C62H64O4/c1-5-9-13-23-31-49-53-39-47(65-43-45-27-19-17-20-28-45)33-35-51(53)59-55(49)41-57-58(61(59)63-37-25-15-11-7-3)42-56-50(32-24-14-10-6-2)54-40-48(66-44-46-29-21-18-22-30-46)34-36-52(54)60(56)62(57)64-38-26-16-12-8-4/h3,17-22,27-30,33-36,39-42,49-50H,5-6,8-10,12-14,16,23-24,26,31-32,38,43-44H2,1-2,4H3. The van der Waals surface area contributed by atoms with Crippen molar-refractivity contribution in [1.82, 2.24) is 0 Å². The van der Waals surface area contributed by atoms with Gasteiger partial charge in [-0.1, -0.05) is 164 Å². The van der Waals surface area contributed by atoms with E-state index in [2.05, 4.69) is 148 Å². The molecule has 0 spiro atoms. The van der Waals surface area contributed by atoms with Crippen molar-refractivity contribution in [3.05, 3.63) is 143 Å². The topological polar surface area (TPSA) is 36.9 Å². The van der Waals surface area contributed by atoms with E-state index in [1.807, 2.05) is 12.1 Å². The molecule has 66 heavy (non-hydrogen) atoms. The van der Waals surface area contributed by atoms with E-state index in [0.717, 1.165) is 94.5 Å². The van der Waals surface area contributed by atoms with E-state index < -0.39 is 0 Å². The second-order valence-electron chi connectivity index (χ2n) is 17.9. The first-order valence-electron chi connectivity index (χ1n) is 24.7. The summed E-state index contributed by atoms with van der Waals surface area (Å²) in [5.41, 5.74) is 12.1. The van der Waals surface area contributed by atoms with Crippen molar-refractivity contribution in [3.8, 4) is 81.5 Å². The molecule has 0 saturated carbocycles. The Morgan fingerprint density at radius 1 is 0.470 bits per heavy atom. The van der Waals surface area contributed by atoms with E-state index in [1.165, 1.54) is 84.7 Å². The molecule has 0 aromatic heterocycles. The molecule has 6 aromatic carbocycles. The normalized spacial score (nSPS) is 13.8. The van der Waals surface area contributed by atoms with Crippen molar-refractivity contribution < 1.29 is 18.9 Å². The average Bonchev–Trinajstić information content (AvgIpc) is 3.83. The van der Waals surface area contributed by atoms with Gasteiger partial charge in [-0.15, -0.1) is 6.42 Å². The van der Waals surface area contributed by atoms with E-state index in [0.29, 0.717) is 19.8 Å². The molecule has 2 atom stereocenters. The lowest BCUT2D eigenvalue weighted by atomic mass is 9.87. The highest BCUT2D eigenvalue weighted by Crippen LogP contribution is 2.59. The van der Waals surface area contributed by atoms with Crippen LogP contribution in [0.5, 0.6) is 23.0 Å². The Hall–Kier alpha value is -6.54. The second kappa shape index (κ2) is 23.1. The smallest absolute Gasteiger partial charge is 0.156 e. The Balaban J connectivity index is 1.31. The van der Waals surface area contributed by atoms with Gasteiger partial charge in [-0.2, -0.15) is 0 Å². The van der Waals surface area contributed by atoms with Crippen molar-refractivity contribution >= 4 is 10.8 Å². The molecular weight excluding hydrogens is 809 g/mol. The zero-order valence-electron chi connectivity index (χ0n) is 39.3. The molecule has 336 valence electrons. The zero-order valence-corrected chi connectivity index (χ0v) is 39.3. The van der Waals surface area contributed by atoms with Crippen LogP contribution in [0.3, 0.4) is 0 Å². The number of hydrogen-bond donors (Lipinski definition) is 0. The number of unbranched alkanes of at least 4 members (excludes halogenated alkanes) is 9. The molecule has 0 aliphatic heterocycles. The van der Waals surface area contributed by atoms with Crippen LogP contribution in [0.1, 0.15) is 156 Å². The molecule has 0 amide bonds. The van der Waals surface area contributed by atoms with Crippen LogP contribution in [0.4, 0.5) is 0 Å². The third-order valence-electron chi connectivity index (χ3n) is 13.3. The van der Waals surface area contributed by atoms with E-state index >= 15 is 0 Å². The molecule has 8 rings (SSSR count). The van der Waals surface area contributed by atoms with Crippen molar-refractivity contribution in [2.45, 2.75) is 136 Å². The second-order valence-corrected chi connectivity index (χ2v) is 17.9. The molecule has 2 aliphatic rings. The summed E-state index contributed by atoms with van der Waals surface area (Å²) in [7, 11) is 0. The molecule has 0 N–H and O–H groups in total. The first-order valence-corrected chi connectivity index (χ1v) is 24.7. The molecule has 2 aliphatic carbocycles. The highest BCUT2D eigenvalue weighted by molar-refractivity contribution is 6.07. The van der Waals surface area contributed by atoms with Crippen LogP contribution in [-0.2, 0) is 13.2 Å². The molecule has 2 unspecified atom stereocenters. The summed E-state index contributed by atoms with van der Waals surface area (Å²) in [5.74, 6) is 14.4. The molecule has 0 radical (unpaired) electrons. The van der Waals surface area contributed by atoms with Crippen LogP contribution in [0.2, 0.25) is 0 Å². The fourth-order valence-electron chi connectivity index (χ4n) is 10.0. The summed E-state index contributed by atoms with van der Waals surface area (Å²) in [5, 5.41) is 2.06. The average molecular weight is 873 g/mol. The predicted octanol–water partition coefficient (Wildman–Crippen LogP) is 16.1. The van der Waals surface area contributed by atoms with Gasteiger partial charge in [-0.25, -0.2) is 0 Å². The van der Waals surface area contributed by atoms with Gasteiger partial charge in [0.15, 0.2) is 5.75 Å². The van der Waals surface area contributed by atoms with Gasteiger partial charge in [0.2, 0.25) is 0 Å².